The van der Waals surface area contributed by atoms with E-state index in [9.17, 15) is 9.90 Å². The monoisotopic (exact) mass is 256 g/mol. The van der Waals surface area contributed by atoms with Crippen LogP contribution >= 0.6 is 0 Å². The fourth-order valence-electron chi connectivity index (χ4n) is 1.86. The number of hydrogen-bond donors (Lipinski definition) is 3. The molecule has 0 aliphatic heterocycles. The highest BCUT2D eigenvalue weighted by atomic mass is 16.3. The van der Waals surface area contributed by atoms with Gasteiger partial charge in [0.05, 0.1) is 6.61 Å². The summed E-state index contributed by atoms with van der Waals surface area (Å²) < 4.78 is 0. The highest BCUT2D eigenvalue weighted by Gasteiger charge is 2.03. The van der Waals surface area contributed by atoms with Crippen molar-refractivity contribution in [3.05, 3.63) is 65.2 Å². The van der Waals surface area contributed by atoms with Gasteiger partial charge in [-0.2, -0.15) is 0 Å². The molecular formula is C15H16N2O2. The molecule has 4 N–H and O–H groups in total. The van der Waals surface area contributed by atoms with Crippen LogP contribution in [0.25, 0.3) is 0 Å². The van der Waals surface area contributed by atoms with Gasteiger partial charge in [0.1, 0.15) is 0 Å². The second-order valence-corrected chi connectivity index (χ2v) is 4.23. The topological polar surface area (TPSA) is 75.4 Å². The van der Waals surface area contributed by atoms with Gasteiger partial charge in [-0.15, -0.1) is 0 Å². The minimum Gasteiger partial charge on any atom is -0.392 e. The van der Waals surface area contributed by atoms with Crippen molar-refractivity contribution in [3.8, 4) is 0 Å². The lowest BCUT2D eigenvalue weighted by atomic mass is 10.1. The zero-order chi connectivity index (χ0) is 13.7. The number of anilines is 1. The SMILES string of the molecule is NC(=O)c1cccc(CNc2ccccc2CO)c1. The summed E-state index contributed by atoms with van der Waals surface area (Å²) in [6, 6.07) is 14.7. The first-order valence-corrected chi connectivity index (χ1v) is 6.02. The molecule has 4 heteroatoms. The maximum Gasteiger partial charge on any atom is 0.248 e. The third-order valence-electron chi connectivity index (χ3n) is 2.88. The van der Waals surface area contributed by atoms with Gasteiger partial charge in [0.25, 0.3) is 0 Å². The van der Waals surface area contributed by atoms with Crippen LogP contribution in [0.15, 0.2) is 48.5 Å². The zero-order valence-electron chi connectivity index (χ0n) is 10.5. The van der Waals surface area contributed by atoms with Gasteiger partial charge in [0, 0.05) is 23.4 Å². The summed E-state index contributed by atoms with van der Waals surface area (Å²) in [5.74, 6) is -0.433. The molecule has 0 unspecified atom stereocenters. The molecule has 98 valence electrons. The molecule has 1 amide bonds. The predicted octanol–water partition coefficient (Wildman–Crippen LogP) is 1.89. The lowest BCUT2D eigenvalue weighted by Crippen LogP contribution is -2.11. The van der Waals surface area contributed by atoms with E-state index in [2.05, 4.69) is 5.32 Å². The molecule has 0 saturated heterocycles. The lowest BCUT2D eigenvalue weighted by Gasteiger charge is -2.10. The van der Waals surface area contributed by atoms with Crippen LogP contribution in [-0.2, 0) is 13.2 Å². The first-order chi connectivity index (χ1) is 9.20. The molecule has 4 nitrogen and oxygen atoms in total. The Labute approximate surface area is 111 Å². The van der Waals surface area contributed by atoms with Gasteiger partial charge in [0.2, 0.25) is 5.91 Å². The van der Waals surface area contributed by atoms with Crippen LogP contribution in [0.4, 0.5) is 5.69 Å². The highest BCUT2D eigenvalue weighted by Crippen LogP contribution is 2.16. The quantitative estimate of drug-likeness (QED) is 0.764. The first kappa shape index (κ1) is 13.1. The van der Waals surface area contributed by atoms with Gasteiger partial charge in [-0.3, -0.25) is 4.79 Å². The molecular weight excluding hydrogens is 240 g/mol. The Morgan fingerprint density at radius 1 is 1.16 bits per heavy atom. The number of aliphatic hydroxyl groups excluding tert-OH is 1. The van der Waals surface area contributed by atoms with E-state index in [1.165, 1.54) is 0 Å². The molecule has 0 aromatic heterocycles. The van der Waals surface area contributed by atoms with E-state index in [1.54, 1.807) is 18.2 Å². The van der Waals surface area contributed by atoms with Gasteiger partial charge in [-0.25, -0.2) is 0 Å². The summed E-state index contributed by atoms with van der Waals surface area (Å²) in [7, 11) is 0. The Morgan fingerprint density at radius 2 is 1.95 bits per heavy atom. The molecule has 0 radical (unpaired) electrons. The number of carbonyl (C=O) groups is 1. The van der Waals surface area contributed by atoms with Gasteiger partial charge < -0.3 is 16.2 Å². The Bertz CT molecular complexity index is 582. The van der Waals surface area contributed by atoms with Gasteiger partial charge in [0.15, 0.2) is 0 Å². The van der Waals surface area contributed by atoms with E-state index in [0.29, 0.717) is 12.1 Å². The number of para-hydroxylation sites is 1. The number of amides is 1. The average Bonchev–Trinajstić information content (AvgIpc) is 2.45. The van der Waals surface area contributed by atoms with E-state index in [1.807, 2.05) is 30.3 Å². The summed E-state index contributed by atoms with van der Waals surface area (Å²) >= 11 is 0. The van der Waals surface area contributed by atoms with Crippen molar-refractivity contribution in [3.63, 3.8) is 0 Å². The predicted molar refractivity (Wildman–Crippen MR) is 74.7 cm³/mol. The number of nitrogens with two attached hydrogens (primary N) is 1. The van der Waals surface area contributed by atoms with Crippen molar-refractivity contribution in [1.29, 1.82) is 0 Å². The molecule has 2 rings (SSSR count). The molecule has 0 fully saturated rings. The largest absolute Gasteiger partial charge is 0.392 e. The Balaban J connectivity index is 2.10. The maximum absolute atomic E-state index is 11.1. The summed E-state index contributed by atoms with van der Waals surface area (Å²) in [5.41, 5.74) is 8.43. The maximum atomic E-state index is 11.1. The molecule has 0 spiro atoms. The van der Waals surface area contributed by atoms with Crippen molar-refractivity contribution in [1.82, 2.24) is 0 Å². The third-order valence-corrected chi connectivity index (χ3v) is 2.88. The zero-order valence-corrected chi connectivity index (χ0v) is 10.5. The van der Waals surface area contributed by atoms with Crippen molar-refractivity contribution in [2.75, 3.05) is 5.32 Å². The summed E-state index contributed by atoms with van der Waals surface area (Å²) in [4.78, 5) is 11.1. The van der Waals surface area contributed by atoms with Gasteiger partial charge in [-0.05, 0) is 23.8 Å². The van der Waals surface area contributed by atoms with Gasteiger partial charge >= 0.3 is 0 Å². The molecule has 0 atom stereocenters. The van der Waals surface area contributed by atoms with E-state index < -0.39 is 5.91 Å². The highest BCUT2D eigenvalue weighted by molar-refractivity contribution is 5.92. The number of benzene rings is 2. The fraction of sp³-hybridized carbons (Fsp3) is 0.133. The number of rotatable bonds is 5. The average molecular weight is 256 g/mol. The molecule has 0 aliphatic rings. The van der Waals surface area contributed by atoms with Crippen LogP contribution in [0.1, 0.15) is 21.5 Å². The van der Waals surface area contributed by atoms with E-state index in [4.69, 9.17) is 5.73 Å². The second kappa shape index (κ2) is 6.02. The minimum atomic E-state index is -0.433. The summed E-state index contributed by atoms with van der Waals surface area (Å²) in [6.07, 6.45) is 0. The third kappa shape index (κ3) is 3.33. The molecule has 2 aromatic carbocycles. The molecule has 0 heterocycles. The van der Waals surface area contributed by atoms with Crippen LogP contribution in [0.2, 0.25) is 0 Å². The Kier molecular flexibility index (Phi) is 4.15. The number of primary amides is 1. The number of nitrogens with one attached hydrogen (secondary N) is 1. The number of hydrogen-bond acceptors (Lipinski definition) is 3. The second-order valence-electron chi connectivity index (χ2n) is 4.23. The molecule has 2 aromatic rings. The fourth-order valence-corrected chi connectivity index (χ4v) is 1.86. The van der Waals surface area contributed by atoms with Crippen molar-refractivity contribution in [2.24, 2.45) is 5.73 Å². The standard InChI is InChI=1S/C15H16N2O2/c16-15(19)12-6-3-4-11(8-12)9-17-14-7-2-1-5-13(14)10-18/h1-8,17-18H,9-10H2,(H2,16,19). The minimum absolute atomic E-state index is 0.00943. The molecule has 0 saturated carbocycles. The van der Waals surface area contributed by atoms with Crippen LogP contribution < -0.4 is 11.1 Å². The molecule has 0 aliphatic carbocycles. The Hall–Kier alpha value is -2.33. The normalized spacial score (nSPS) is 10.2. The lowest BCUT2D eigenvalue weighted by molar-refractivity contribution is 0.1000. The van der Waals surface area contributed by atoms with E-state index in [-0.39, 0.29) is 6.61 Å². The smallest absolute Gasteiger partial charge is 0.248 e. The van der Waals surface area contributed by atoms with Crippen LogP contribution in [0.3, 0.4) is 0 Å². The van der Waals surface area contributed by atoms with E-state index in [0.717, 1.165) is 16.8 Å². The molecule has 19 heavy (non-hydrogen) atoms. The van der Waals surface area contributed by atoms with Crippen molar-refractivity contribution >= 4 is 11.6 Å². The molecule has 0 bridgehead atoms. The number of aliphatic hydroxyl groups is 1. The number of carbonyl (C=O) groups excluding carboxylic acids is 1. The Morgan fingerprint density at radius 3 is 2.68 bits per heavy atom. The van der Waals surface area contributed by atoms with Crippen LogP contribution in [0, 0.1) is 0 Å². The van der Waals surface area contributed by atoms with E-state index >= 15 is 0 Å². The first-order valence-electron chi connectivity index (χ1n) is 6.02. The summed E-state index contributed by atoms with van der Waals surface area (Å²) in [6.45, 7) is 0.558. The van der Waals surface area contributed by atoms with Crippen molar-refractivity contribution in [2.45, 2.75) is 13.2 Å². The van der Waals surface area contributed by atoms with Crippen molar-refractivity contribution < 1.29 is 9.90 Å². The van der Waals surface area contributed by atoms with Crippen LogP contribution in [-0.4, -0.2) is 11.0 Å². The van der Waals surface area contributed by atoms with Crippen LogP contribution in [0.5, 0.6) is 0 Å². The summed E-state index contributed by atoms with van der Waals surface area (Å²) in [5, 5.41) is 12.5. The van der Waals surface area contributed by atoms with Gasteiger partial charge in [-0.1, -0.05) is 30.3 Å².